The van der Waals surface area contributed by atoms with Gasteiger partial charge in [-0.3, -0.25) is 9.48 Å². The molecule has 1 amide bonds. The van der Waals surface area contributed by atoms with Crippen LogP contribution in [0.1, 0.15) is 30.6 Å². The van der Waals surface area contributed by atoms with Gasteiger partial charge in [0.15, 0.2) is 0 Å². The monoisotopic (exact) mass is 314 g/mol. The zero-order valence-electron chi connectivity index (χ0n) is 13.7. The number of nitrogens with zero attached hydrogens (tertiary/aromatic N) is 2. The highest BCUT2D eigenvalue weighted by atomic mass is 16.5. The van der Waals surface area contributed by atoms with E-state index >= 15 is 0 Å². The first-order valence-electron chi connectivity index (χ1n) is 8.07. The molecule has 2 aliphatic rings. The molecule has 6 heteroatoms. The van der Waals surface area contributed by atoms with Crippen LogP contribution in [0.4, 0.5) is 0 Å². The van der Waals surface area contributed by atoms with E-state index in [0.29, 0.717) is 11.5 Å². The number of rotatable bonds is 3. The number of aromatic amines is 1. The molecule has 0 bridgehead atoms. The number of fused-ring (bicyclic) bond motifs is 1. The highest BCUT2D eigenvalue weighted by Gasteiger charge is 2.59. The number of aromatic nitrogens is 3. The highest BCUT2D eigenvalue weighted by molar-refractivity contribution is 6.01. The third-order valence-electron chi connectivity index (χ3n) is 5.39. The molecule has 0 spiro atoms. The molecule has 3 unspecified atom stereocenters. The first kappa shape index (κ1) is 14.5. The largest absolute Gasteiger partial charge is 0.377 e. The molecule has 1 aliphatic carbocycles. The third kappa shape index (κ3) is 2.12. The lowest BCUT2D eigenvalue weighted by Gasteiger charge is -2.54. The molecule has 2 aromatic heterocycles. The van der Waals surface area contributed by atoms with Crippen molar-refractivity contribution in [3.05, 3.63) is 30.4 Å². The van der Waals surface area contributed by atoms with E-state index in [1.54, 1.807) is 17.1 Å². The SMILES string of the molecule is Cn1cc(-c2c[nH]cc2C(=O)NC2C3CCOC3C2(C)C)cn1. The fourth-order valence-electron chi connectivity index (χ4n) is 4.19. The van der Waals surface area contributed by atoms with E-state index in [1.807, 2.05) is 19.4 Å². The Balaban J connectivity index is 1.56. The Morgan fingerprint density at radius 1 is 1.48 bits per heavy atom. The Kier molecular flexibility index (Phi) is 3.13. The maximum Gasteiger partial charge on any atom is 0.253 e. The molecule has 0 aromatic carbocycles. The van der Waals surface area contributed by atoms with Crippen LogP contribution in [0, 0.1) is 11.3 Å². The first-order valence-corrected chi connectivity index (χ1v) is 8.07. The average Bonchev–Trinajstić information content (AvgIpc) is 3.23. The van der Waals surface area contributed by atoms with Gasteiger partial charge in [-0.1, -0.05) is 13.8 Å². The number of hydrogen-bond donors (Lipinski definition) is 2. The summed E-state index contributed by atoms with van der Waals surface area (Å²) in [5.41, 5.74) is 2.47. The molecule has 2 aromatic rings. The van der Waals surface area contributed by atoms with Crippen molar-refractivity contribution in [1.82, 2.24) is 20.1 Å². The molecule has 2 N–H and O–H groups in total. The van der Waals surface area contributed by atoms with Crippen molar-refractivity contribution in [2.75, 3.05) is 6.61 Å². The lowest BCUT2D eigenvalue weighted by molar-refractivity contribution is -0.108. The van der Waals surface area contributed by atoms with Gasteiger partial charge in [-0.05, 0) is 6.42 Å². The van der Waals surface area contributed by atoms with Crippen LogP contribution < -0.4 is 5.32 Å². The van der Waals surface area contributed by atoms with Crippen molar-refractivity contribution in [3.8, 4) is 11.1 Å². The van der Waals surface area contributed by atoms with Gasteiger partial charge in [0.25, 0.3) is 5.91 Å². The van der Waals surface area contributed by atoms with Crippen molar-refractivity contribution in [1.29, 1.82) is 0 Å². The smallest absolute Gasteiger partial charge is 0.253 e. The predicted molar refractivity (Wildman–Crippen MR) is 85.9 cm³/mol. The molecule has 122 valence electrons. The lowest BCUT2D eigenvalue weighted by Crippen LogP contribution is -2.66. The van der Waals surface area contributed by atoms with E-state index < -0.39 is 0 Å². The normalized spacial score (nSPS) is 28.2. The van der Waals surface area contributed by atoms with Crippen molar-refractivity contribution in [2.24, 2.45) is 18.4 Å². The summed E-state index contributed by atoms with van der Waals surface area (Å²) < 4.78 is 7.53. The summed E-state index contributed by atoms with van der Waals surface area (Å²) in [6, 6.07) is 0.166. The third-order valence-corrected chi connectivity index (χ3v) is 5.39. The molecule has 4 rings (SSSR count). The molecule has 3 heterocycles. The number of nitrogens with one attached hydrogen (secondary N) is 2. The van der Waals surface area contributed by atoms with Crippen LogP contribution >= 0.6 is 0 Å². The van der Waals surface area contributed by atoms with Crippen LogP contribution in [-0.2, 0) is 11.8 Å². The van der Waals surface area contributed by atoms with E-state index in [2.05, 4.69) is 29.2 Å². The van der Waals surface area contributed by atoms with Gasteiger partial charge in [0.1, 0.15) is 0 Å². The topological polar surface area (TPSA) is 71.9 Å². The fourth-order valence-corrected chi connectivity index (χ4v) is 4.19. The van der Waals surface area contributed by atoms with E-state index in [0.717, 1.165) is 24.2 Å². The zero-order chi connectivity index (χ0) is 16.2. The Morgan fingerprint density at radius 3 is 3.04 bits per heavy atom. The number of amides is 1. The van der Waals surface area contributed by atoms with Crippen LogP contribution in [-0.4, -0.2) is 39.4 Å². The van der Waals surface area contributed by atoms with Crippen molar-refractivity contribution in [3.63, 3.8) is 0 Å². The van der Waals surface area contributed by atoms with E-state index in [9.17, 15) is 4.79 Å². The van der Waals surface area contributed by atoms with Gasteiger partial charge in [-0.15, -0.1) is 0 Å². The summed E-state index contributed by atoms with van der Waals surface area (Å²) in [5, 5.41) is 7.41. The van der Waals surface area contributed by atoms with Gasteiger partial charge < -0.3 is 15.0 Å². The van der Waals surface area contributed by atoms with Gasteiger partial charge in [0.2, 0.25) is 0 Å². The molecule has 1 saturated heterocycles. The summed E-state index contributed by atoms with van der Waals surface area (Å²) in [6.45, 7) is 5.14. The van der Waals surface area contributed by atoms with Gasteiger partial charge >= 0.3 is 0 Å². The Labute approximate surface area is 135 Å². The van der Waals surface area contributed by atoms with Crippen molar-refractivity contribution in [2.45, 2.75) is 32.4 Å². The molecule has 3 atom stereocenters. The quantitative estimate of drug-likeness (QED) is 0.909. The van der Waals surface area contributed by atoms with Crippen LogP contribution in [0.2, 0.25) is 0 Å². The summed E-state index contributed by atoms with van der Waals surface area (Å²) in [4.78, 5) is 15.8. The van der Waals surface area contributed by atoms with Gasteiger partial charge in [0.05, 0.1) is 17.9 Å². The van der Waals surface area contributed by atoms with Gasteiger partial charge in [-0.2, -0.15) is 5.10 Å². The summed E-state index contributed by atoms with van der Waals surface area (Å²) in [7, 11) is 1.87. The maximum absolute atomic E-state index is 12.8. The summed E-state index contributed by atoms with van der Waals surface area (Å²) in [6.07, 6.45) is 8.59. The second kappa shape index (κ2) is 4.96. The predicted octanol–water partition coefficient (Wildman–Crippen LogP) is 1.96. The highest BCUT2D eigenvalue weighted by Crippen LogP contribution is 2.52. The molecular formula is C17H22N4O2. The summed E-state index contributed by atoms with van der Waals surface area (Å²) in [5.74, 6) is 0.406. The van der Waals surface area contributed by atoms with Crippen molar-refractivity contribution < 1.29 is 9.53 Å². The molecule has 6 nitrogen and oxygen atoms in total. The molecule has 1 saturated carbocycles. The summed E-state index contributed by atoms with van der Waals surface area (Å²) >= 11 is 0. The minimum atomic E-state index is -0.0338. The molecule has 2 fully saturated rings. The van der Waals surface area contributed by atoms with E-state index in [1.165, 1.54) is 0 Å². The molecule has 1 aliphatic heterocycles. The number of aryl methyl sites for hydroxylation is 1. The fraction of sp³-hybridized carbons (Fsp3) is 0.529. The number of ether oxygens (including phenoxy) is 1. The van der Waals surface area contributed by atoms with Gasteiger partial charge in [-0.25, -0.2) is 0 Å². The van der Waals surface area contributed by atoms with Crippen LogP contribution in [0.5, 0.6) is 0 Å². The Hall–Kier alpha value is -2.08. The molecule has 0 radical (unpaired) electrons. The molecule has 23 heavy (non-hydrogen) atoms. The zero-order valence-corrected chi connectivity index (χ0v) is 13.7. The number of carbonyl (C=O) groups excluding carboxylic acids is 1. The van der Waals surface area contributed by atoms with Crippen molar-refractivity contribution >= 4 is 5.91 Å². The number of carbonyl (C=O) groups is 1. The van der Waals surface area contributed by atoms with E-state index in [-0.39, 0.29) is 23.5 Å². The number of hydrogen-bond acceptors (Lipinski definition) is 3. The first-order chi connectivity index (χ1) is 11.0. The van der Waals surface area contributed by atoms with Gasteiger partial charge in [0, 0.05) is 60.7 Å². The average molecular weight is 314 g/mol. The van der Waals surface area contributed by atoms with Crippen LogP contribution in [0.15, 0.2) is 24.8 Å². The second-order valence-electron chi connectivity index (χ2n) is 7.20. The Morgan fingerprint density at radius 2 is 2.30 bits per heavy atom. The van der Waals surface area contributed by atoms with E-state index in [4.69, 9.17) is 4.74 Å². The van der Waals surface area contributed by atoms with Crippen LogP contribution in [0.25, 0.3) is 11.1 Å². The number of H-pyrrole nitrogens is 1. The van der Waals surface area contributed by atoms with Crippen LogP contribution in [0.3, 0.4) is 0 Å². The minimum Gasteiger partial charge on any atom is -0.377 e. The lowest BCUT2D eigenvalue weighted by atomic mass is 9.57. The maximum atomic E-state index is 12.8. The standard InChI is InChI=1S/C17H22N4O2/c1-17(2)14(11-4-5-23-15(11)17)20-16(22)13-8-18-7-12(13)10-6-19-21(3)9-10/h6-9,11,14-15,18H,4-5H2,1-3H3,(H,20,22). The second-order valence-corrected chi connectivity index (χ2v) is 7.20. The minimum absolute atomic E-state index is 0.0123. The Bertz CT molecular complexity index is 745. The molecular weight excluding hydrogens is 292 g/mol.